The molecule has 2 aromatic rings. The molecule has 0 aliphatic carbocycles. The van der Waals surface area contributed by atoms with Gasteiger partial charge in [-0.15, -0.1) is 0 Å². The molecule has 2 heterocycles. The Kier molecular flexibility index (Phi) is 4.22. The number of sulfonamides is 1. The Morgan fingerprint density at radius 3 is 2.77 bits per heavy atom. The second-order valence-corrected chi connectivity index (χ2v) is 7.51. The Bertz CT molecular complexity index is 747. The van der Waals surface area contributed by atoms with Crippen molar-refractivity contribution in [2.45, 2.75) is 30.6 Å². The minimum Gasteiger partial charge on any atom is -0.245 e. The standard InChI is InChI=1S/C16H19N3O2S/c1-13-5-2-3-7-16(13)22(20,21)19-10-4-6-14(11-19)15-8-9-17-12-18-15/h2-3,5,7-9,12,14H,4,6,10-11H2,1H3. The molecule has 0 spiro atoms. The van der Waals surface area contributed by atoms with Crippen LogP contribution >= 0.6 is 0 Å². The summed E-state index contributed by atoms with van der Waals surface area (Å²) in [6, 6.07) is 9.01. The van der Waals surface area contributed by atoms with E-state index < -0.39 is 10.0 Å². The van der Waals surface area contributed by atoms with E-state index in [2.05, 4.69) is 9.97 Å². The summed E-state index contributed by atoms with van der Waals surface area (Å²) in [4.78, 5) is 8.60. The molecule has 1 atom stereocenters. The zero-order valence-corrected chi connectivity index (χ0v) is 13.3. The fraction of sp³-hybridized carbons (Fsp3) is 0.375. The number of hydrogen-bond donors (Lipinski definition) is 0. The number of aryl methyl sites for hydroxylation is 1. The molecule has 1 unspecified atom stereocenters. The lowest BCUT2D eigenvalue weighted by atomic mass is 9.96. The number of nitrogens with zero attached hydrogens (tertiary/aromatic N) is 3. The third-order valence-electron chi connectivity index (χ3n) is 4.12. The van der Waals surface area contributed by atoms with Crippen LogP contribution in [0.25, 0.3) is 0 Å². The second-order valence-electron chi connectivity index (χ2n) is 5.60. The Balaban J connectivity index is 1.87. The average Bonchev–Trinajstić information content (AvgIpc) is 2.56. The molecule has 1 aromatic carbocycles. The Morgan fingerprint density at radius 2 is 2.05 bits per heavy atom. The van der Waals surface area contributed by atoms with Gasteiger partial charge in [0.1, 0.15) is 6.33 Å². The van der Waals surface area contributed by atoms with Crippen LogP contribution in [-0.2, 0) is 10.0 Å². The molecule has 1 saturated heterocycles. The molecule has 0 radical (unpaired) electrons. The van der Waals surface area contributed by atoms with Crippen LogP contribution in [0, 0.1) is 6.92 Å². The van der Waals surface area contributed by atoms with Gasteiger partial charge in [-0.3, -0.25) is 0 Å². The van der Waals surface area contributed by atoms with Gasteiger partial charge in [0.05, 0.1) is 4.90 Å². The zero-order valence-electron chi connectivity index (χ0n) is 12.5. The molecule has 1 fully saturated rings. The van der Waals surface area contributed by atoms with Crippen LogP contribution in [0.15, 0.2) is 47.8 Å². The predicted molar refractivity (Wildman–Crippen MR) is 83.9 cm³/mol. The molecule has 0 amide bonds. The van der Waals surface area contributed by atoms with Crippen molar-refractivity contribution in [2.75, 3.05) is 13.1 Å². The molecule has 1 aromatic heterocycles. The van der Waals surface area contributed by atoms with Crippen molar-refractivity contribution in [2.24, 2.45) is 0 Å². The summed E-state index contributed by atoms with van der Waals surface area (Å²) in [6.45, 7) is 2.88. The Morgan fingerprint density at radius 1 is 1.23 bits per heavy atom. The van der Waals surface area contributed by atoms with Gasteiger partial charge < -0.3 is 0 Å². The number of rotatable bonds is 3. The highest BCUT2D eigenvalue weighted by atomic mass is 32.2. The SMILES string of the molecule is Cc1ccccc1S(=O)(=O)N1CCCC(c2ccncn2)C1. The molecular weight excluding hydrogens is 298 g/mol. The van der Waals surface area contributed by atoms with Crippen molar-refractivity contribution in [1.82, 2.24) is 14.3 Å². The van der Waals surface area contributed by atoms with Crippen LogP contribution in [-0.4, -0.2) is 35.8 Å². The maximum absolute atomic E-state index is 12.9. The Labute approximate surface area is 131 Å². The number of piperidine rings is 1. The normalized spacial score (nSPS) is 20.0. The summed E-state index contributed by atoms with van der Waals surface area (Å²) in [7, 11) is -3.44. The van der Waals surface area contributed by atoms with Gasteiger partial charge in [0.2, 0.25) is 10.0 Å². The summed E-state index contributed by atoms with van der Waals surface area (Å²) in [6.07, 6.45) is 5.03. The first-order valence-electron chi connectivity index (χ1n) is 7.41. The van der Waals surface area contributed by atoms with E-state index in [1.165, 1.54) is 6.33 Å². The fourth-order valence-electron chi connectivity index (χ4n) is 2.93. The molecule has 6 heteroatoms. The van der Waals surface area contributed by atoms with Crippen molar-refractivity contribution in [3.05, 3.63) is 54.1 Å². The van der Waals surface area contributed by atoms with Crippen molar-refractivity contribution in [3.63, 3.8) is 0 Å². The molecule has 0 saturated carbocycles. The molecule has 0 N–H and O–H groups in total. The molecule has 1 aliphatic heterocycles. The summed E-state index contributed by atoms with van der Waals surface area (Å²) in [5.74, 6) is 0.135. The quantitative estimate of drug-likeness (QED) is 0.872. The van der Waals surface area contributed by atoms with Crippen molar-refractivity contribution < 1.29 is 8.42 Å². The first-order chi connectivity index (χ1) is 10.6. The highest BCUT2D eigenvalue weighted by Gasteiger charge is 2.32. The number of hydrogen-bond acceptors (Lipinski definition) is 4. The fourth-order valence-corrected chi connectivity index (χ4v) is 4.68. The van der Waals surface area contributed by atoms with Crippen LogP contribution in [0.2, 0.25) is 0 Å². The first-order valence-corrected chi connectivity index (χ1v) is 8.85. The van der Waals surface area contributed by atoms with Crippen molar-refractivity contribution in [3.8, 4) is 0 Å². The van der Waals surface area contributed by atoms with Crippen molar-refractivity contribution in [1.29, 1.82) is 0 Å². The van der Waals surface area contributed by atoms with E-state index in [0.717, 1.165) is 24.1 Å². The molecule has 22 heavy (non-hydrogen) atoms. The van der Waals surface area contributed by atoms with Gasteiger partial charge >= 0.3 is 0 Å². The molecular formula is C16H19N3O2S. The lowest BCUT2D eigenvalue weighted by Crippen LogP contribution is -2.39. The second kappa shape index (κ2) is 6.14. The topological polar surface area (TPSA) is 63.2 Å². The lowest BCUT2D eigenvalue weighted by Gasteiger charge is -2.31. The largest absolute Gasteiger partial charge is 0.245 e. The van der Waals surface area contributed by atoms with Gasteiger partial charge in [-0.1, -0.05) is 18.2 Å². The van der Waals surface area contributed by atoms with Crippen LogP contribution in [0.1, 0.15) is 30.0 Å². The van der Waals surface area contributed by atoms with E-state index in [4.69, 9.17) is 0 Å². The van der Waals surface area contributed by atoms with Crippen LogP contribution < -0.4 is 0 Å². The number of benzene rings is 1. The minimum atomic E-state index is -3.44. The van der Waals surface area contributed by atoms with Crippen LogP contribution in [0.4, 0.5) is 0 Å². The molecule has 3 rings (SSSR count). The molecule has 5 nitrogen and oxygen atoms in total. The minimum absolute atomic E-state index is 0.135. The van der Waals surface area contributed by atoms with E-state index in [0.29, 0.717) is 18.0 Å². The summed E-state index contributed by atoms with van der Waals surface area (Å²) in [5, 5.41) is 0. The Hall–Kier alpha value is -1.79. The van der Waals surface area contributed by atoms with Gasteiger partial charge in [0.25, 0.3) is 0 Å². The third kappa shape index (κ3) is 2.89. The van der Waals surface area contributed by atoms with Crippen molar-refractivity contribution >= 4 is 10.0 Å². The summed E-state index contributed by atoms with van der Waals surface area (Å²) >= 11 is 0. The first kappa shape index (κ1) is 15.1. The average molecular weight is 317 g/mol. The lowest BCUT2D eigenvalue weighted by molar-refractivity contribution is 0.312. The number of aromatic nitrogens is 2. The van der Waals surface area contributed by atoms with Crippen LogP contribution in [0.3, 0.4) is 0 Å². The van der Waals surface area contributed by atoms with E-state index in [-0.39, 0.29) is 5.92 Å². The zero-order chi connectivity index (χ0) is 15.6. The molecule has 0 bridgehead atoms. The van der Waals surface area contributed by atoms with E-state index >= 15 is 0 Å². The third-order valence-corrected chi connectivity index (χ3v) is 6.14. The van der Waals surface area contributed by atoms with Gasteiger partial charge in [-0.2, -0.15) is 4.31 Å². The van der Waals surface area contributed by atoms with E-state index in [9.17, 15) is 8.42 Å². The summed E-state index contributed by atoms with van der Waals surface area (Å²) < 4.78 is 27.3. The van der Waals surface area contributed by atoms with Gasteiger partial charge in [-0.05, 0) is 37.5 Å². The van der Waals surface area contributed by atoms with Gasteiger partial charge in [0.15, 0.2) is 0 Å². The van der Waals surface area contributed by atoms with E-state index in [1.807, 2.05) is 25.1 Å². The maximum atomic E-state index is 12.9. The predicted octanol–water partition coefficient (Wildman–Crippen LogP) is 2.35. The molecule has 1 aliphatic rings. The highest BCUT2D eigenvalue weighted by molar-refractivity contribution is 7.89. The summed E-state index contributed by atoms with van der Waals surface area (Å²) in [5.41, 5.74) is 1.70. The van der Waals surface area contributed by atoms with Crippen LogP contribution in [0.5, 0.6) is 0 Å². The highest BCUT2D eigenvalue weighted by Crippen LogP contribution is 2.29. The monoisotopic (exact) mass is 317 g/mol. The van der Waals surface area contributed by atoms with Gasteiger partial charge in [-0.25, -0.2) is 18.4 Å². The van der Waals surface area contributed by atoms with Gasteiger partial charge in [0, 0.05) is 30.9 Å². The smallest absolute Gasteiger partial charge is 0.243 e. The molecule has 116 valence electrons. The maximum Gasteiger partial charge on any atom is 0.243 e. The van der Waals surface area contributed by atoms with E-state index in [1.54, 1.807) is 22.6 Å².